The molecule has 0 aliphatic rings. The van der Waals surface area contributed by atoms with Gasteiger partial charge in [0.25, 0.3) is 0 Å². The quantitative estimate of drug-likeness (QED) is 0.627. The number of benzene rings is 1. The van der Waals surface area contributed by atoms with Crippen molar-refractivity contribution in [3.8, 4) is 0 Å². The predicted octanol–water partition coefficient (Wildman–Crippen LogP) is 0.690. The number of hydrogen-bond donors (Lipinski definition) is 4. The van der Waals surface area contributed by atoms with Crippen LogP contribution in [0.15, 0.2) is 24.3 Å². The van der Waals surface area contributed by atoms with Gasteiger partial charge in [-0.05, 0) is 25.1 Å². The van der Waals surface area contributed by atoms with Crippen molar-refractivity contribution >= 4 is 11.7 Å². The fourth-order valence-electron chi connectivity index (χ4n) is 1.13. The standard InChI is InChI=1S/C11H15FN2O3/c1-11(6-15,7-16)14-10(17)13-9-4-2-3-8(12)5-9/h2-5,15-16H,6-7H2,1H3,(H2,13,14,17). The van der Waals surface area contributed by atoms with Gasteiger partial charge in [0.1, 0.15) is 5.82 Å². The summed E-state index contributed by atoms with van der Waals surface area (Å²) >= 11 is 0. The Balaban J connectivity index is 2.61. The highest BCUT2D eigenvalue weighted by atomic mass is 19.1. The van der Waals surface area contributed by atoms with Crippen LogP contribution >= 0.6 is 0 Å². The first kappa shape index (κ1) is 13.4. The molecular formula is C11H15FN2O3. The van der Waals surface area contributed by atoms with Gasteiger partial charge < -0.3 is 20.8 Å². The van der Waals surface area contributed by atoms with Gasteiger partial charge in [-0.2, -0.15) is 0 Å². The normalized spacial score (nSPS) is 11.1. The van der Waals surface area contributed by atoms with E-state index >= 15 is 0 Å². The van der Waals surface area contributed by atoms with Gasteiger partial charge in [0.2, 0.25) is 0 Å². The van der Waals surface area contributed by atoms with Crippen LogP contribution in [0.3, 0.4) is 0 Å². The molecule has 1 aromatic rings. The largest absolute Gasteiger partial charge is 0.394 e. The number of carbonyl (C=O) groups is 1. The first-order chi connectivity index (χ1) is 7.99. The molecule has 0 aliphatic carbocycles. The summed E-state index contributed by atoms with van der Waals surface area (Å²) in [6.45, 7) is 0.679. The average Bonchev–Trinajstić information content (AvgIpc) is 2.28. The Morgan fingerprint density at radius 3 is 2.59 bits per heavy atom. The van der Waals surface area contributed by atoms with E-state index in [-0.39, 0.29) is 0 Å². The van der Waals surface area contributed by atoms with Gasteiger partial charge >= 0.3 is 6.03 Å². The lowest BCUT2D eigenvalue weighted by atomic mass is 10.1. The third kappa shape index (κ3) is 4.01. The molecule has 94 valence electrons. The predicted molar refractivity (Wildman–Crippen MR) is 61.1 cm³/mol. The van der Waals surface area contributed by atoms with E-state index < -0.39 is 30.6 Å². The zero-order valence-electron chi connectivity index (χ0n) is 9.40. The molecule has 0 saturated heterocycles. The minimum Gasteiger partial charge on any atom is -0.394 e. The molecule has 17 heavy (non-hydrogen) atoms. The summed E-state index contributed by atoms with van der Waals surface area (Å²) in [5.74, 6) is -0.463. The van der Waals surface area contributed by atoms with Crippen molar-refractivity contribution in [3.63, 3.8) is 0 Å². The Bertz CT molecular complexity index is 394. The molecule has 0 bridgehead atoms. The number of nitrogens with one attached hydrogen (secondary N) is 2. The Kier molecular flexibility index (Phi) is 4.42. The summed E-state index contributed by atoms with van der Waals surface area (Å²) in [5, 5.41) is 22.7. The maximum Gasteiger partial charge on any atom is 0.319 e. The summed E-state index contributed by atoms with van der Waals surface area (Å²) in [4.78, 5) is 11.5. The Morgan fingerprint density at radius 1 is 1.41 bits per heavy atom. The molecule has 0 unspecified atom stereocenters. The molecule has 0 spiro atoms. The van der Waals surface area contributed by atoms with E-state index in [9.17, 15) is 9.18 Å². The van der Waals surface area contributed by atoms with E-state index in [2.05, 4.69) is 10.6 Å². The zero-order valence-corrected chi connectivity index (χ0v) is 9.40. The summed E-state index contributed by atoms with van der Waals surface area (Å²) in [6.07, 6.45) is 0. The molecule has 2 amide bonds. The van der Waals surface area contributed by atoms with Crippen molar-refractivity contribution in [2.75, 3.05) is 18.5 Å². The first-order valence-corrected chi connectivity index (χ1v) is 5.05. The summed E-state index contributed by atoms with van der Waals surface area (Å²) in [6, 6.07) is 4.78. The zero-order chi connectivity index (χ0) is 12.9. The molecule has 0 radical (unpaired) electrons. The van der Waals surface area contributed by atoms with E-state index in [1.165, 1.54) is 25.1 Å². The topological polar surface area (TPSA) is 81.6 Å². The van der Waals surface area contributed by atoms with Crippen LogP contribution in [0, 0.1) is 5.82 Å². The number of carbonyl (C=O) groups excluding carboxylic acids is 1. The maximum atomic E-state index is 12.8. The molecule has 1 aromatic carbocycles. The lowest BCUT2D eigenvalue weighted by Crippen LogP contribution is -2.53. The Hall–Kier alpha value is -1.66. The number of hydrogen-bond acceptors (Lipinski definition) is 3. The molecule has 0 saturated carbocycles. The van der Waals surface area contributed by atoms with Crippen LogP contribution < -0.4 is 10.6 Å². The van der Waals surface area contributed by atoms with Crippen molar-refractivity contribution in [1.29, 1.82) is 0 Å². The summed E-state index contributed by atoms with van der Waals surface area (Å²) < 4.78 is 12.8. The minimum atomic E-state index is -1.11. The van der Waals surface area contributed by atoms with Crippen LogP contribution in [0.5, 0.6) is 0 Å². The van der Waals surface area contributed by atoms with Gasteiger partial charge in [-0.15, -0.1) is 0 Å². The third-order valence-corrected chi connectivity index (χ3v) is 2.20. The van der Waals surface area contributed by atoms with Crippen molar-refractivity contribution in [2.24, 2.45) is 0 Å². The molecule has 1 rings (SSSR count). The van der Waals surface area contributed by atoms with Crippen molar-refractivity contribution < 1.29 is 19.4 Å². The van der Waals surface area contributed by atoms with Crippen LogP contribution in [0.2, 0.25) is 0 Å². The van der Waals surface area contributed by atoms with E-state index in [1.807, 2.05) is 0 Å². The lowest BCUT2D eigenvalue weighted by Gasteiger charge is -2.26. The molecule has 0 aliphatic heterocycles. The van der Waals surface area contributed by atoms with E-state index in [4.69, 9.17) is 10.2 Å². The van der Waals surface area contributed by atoms with Gasteiger partial charge in [-0.3, -0.25) is 0 Å². The molecule has 0 aromatic heterocycles. The Labute approximate surface area is 98.3 Å². The van der Waals surface area contributed by atoms with E-state index in [0.717, 1.165) is 6.07 Å². The van der Waals surface area contributed by atoms with Crippen LogP contribution in [-0.2, 0) is 0 Å². The highest BCUT2D eigenvalue weighted by Crippen LogP contribution is 2.09. The third-order valence-electron chi connectivity index (χ3n) is 2.20. The molecule has 0 heterocycles. The number of anilines is 1. The maximum absolute atomic E-state index is 12.8. The second-order valence-corrected chi connectivity index (χ2v) is 3.97. The molecule has 5 nitrogen and oxygen atoms in total. The lowest BCUT2D eigenvalue weighted by molar-refractivity contribution is 0.111. The average molecular weight is 242 g/mol. The Morgan fingerprint density at radius 2 is 2.06 bits per heavy atom. The van der Waals surface area contributed by atoms with Crippen LogP contribution in [0.4, 0.5) is 14.9 Å². The van der Waals surface area contributed by atoms with Gasteiger partial charge in [0, 0.05) is 5.69 Å². The number of aliphatic hydroxyl groups is 2. The van der Waals surface area contributed by atoms with Crippen LogP contribution in [0.1, 0.15) is 6.92 Å². The van der Waals surface area contributed by atoms with E-state index in [1.54, 1.807) is 0 Å². The number of amides is 2. The molecule has 0 atom stereocenters. The molecule has 6 heteroatoms. The number of rotatable bonds is 4. The molecule has 0 fully saturated rings. The van der Waals surface area contributed by atoms with Crippen molar-refractivity contribution in [2.45, 2.75) is 12.5 Å². The first-order valence-electron chi connectivity index (χ1n) is 5.05. The van der Waals surface area contributed by atoms with Crippen LogP contribution in [-0.4, -0.2) is 35.0 Å². The minimum absolute atomic E-state index is 0.292. The van der Waals surface area contributed by atoms with Gasteiger partial charge in [0.05, 0.1) is 18.8 Å². The molecule has 4 N–H and O–H groups in total. The second kappa shape index (κ2) is 5.60. The van der Waals surface area contributed by atoms with Crippen molar-refractivity contribution in [3.05, 3.63) is 30.1 Å². The van der Waals surface area contributed by atoms with Crippen molar-refractivity contribution in [1.82, 2.24) is 5.32 Å². The van der Waals surface area contributed by atoms with Gasteiger partial charge in [-0.1, -0.05) is 6.07 Å². The van der Waals surface area contributed by atoms with Gasteiger partial charge in [-0.25, -0.2) is 9.18 Å². The monoisotopic (exact) mass is 242 g/mol. The highest BCUT2D eigenvalue weighted by Gasteiger charge is 2.24. The summed E-state index contributed by atoms with van der Waals surface area (Å²) in [7, 11) is 0. The number of aliphatic hydroxyl groups excluding tert-OH is 2. The summed E-state index contributed by atoms with van der Waals surface area (Å²) in [5.41, 5.74) is -0.821. The smallest absolute Gasteiger partial charge is 0.319 e. The van der Waals surface area contributed by atoms with Gasteiger partial charge in [0.15, 0.2) is 0 Å². The fraction of sp³-hybridized carbons (Fsp3) is 0.364. The SMILES string of the molecule is CC(CO)(CO)NC(=O)Nc1cccc(F)c1. The van der Waals surface area contributed by atoms with E-state index in [0.29, 0.717) is 5.69 Å². The number of urea groups is 1. The second-order valence-electron chi connectivity index (χ2n) is 3.97. The highest BCUT2D eigenvalue weighted by molar-refractivity contribution is 5.89. The number of halogens is 1. The molecular weight excluding hydrogens is 227 g/mol. The fourth-order valence-corrected chi connectivity index (χ4v) is 1.13. The van der Waals surface area contributed by atoms with Crippen LogP contribution in [0.25, 0.3) is 0 Å².